The van der Waals surface area contributed by atoms with E-state index >= 15 is 0 Å². The number of carbonyl (C=O) groups excluding carboxylic acids is 1. The number of ether oxygens (including phenoxy) is 1. The summed E-state index contributed by atoms with van der Waals surface area (Å²) in [5.41, 5.74) is 8.11. The number of benzene rings is 1. The van der Waals surface area contributed by atoms with E-state index in [1.165, 1.54) is 51.4 Å². The van der Waals surface area contributed by atoms with Crippen molar-refractivity contribution in [1.82, 2.24) is 10.2 Å². The molecular weight excluding hydrogens is 361 g/mol. The first-order valence-corrected chi connectivity index (χ1v) is 8.51. The van der Waals surface area contributed by atoms with Crippen molar-refractivity contribution < 1.29 is 9.53 Å². The highest BCUT2D eigenvalue weighted by molar-refractivity contribution is 5.85. The van der Waals surface area contributed by atoms with Gasteiger partial charge in [-0.1, -0.05) is 37.1 Å². The molecule has 7 heteroatoms. The fourth-order valence-electron chi connectivity index (χ4n) is 2.89. The summed E-state index contributed by atoms with van der Waals surface area (Å²) in [5.74, 6) is -0.180. The van der Waals surface area contributed by atoms with E-state index < -0.39 is 6.04 Å². The summed E-state index contributed by atoms with van der Waals surface area (Å²) in [6.45, 7) is 4.16. The predicted octanol–water partition coefficient (Wildman–Crippen LogP) is 2.50. The predicted molar refractivity (Wildman–Crippen MR) is 106 cm³/mol. The van der Waals surface area contributed by atoms with E-state index in [4.69, 9.17) is 10.5 Å². The molecule has 0 saturated carbocycles. The third kappa shape index (κ3) is 8.88. The smallest absolute Gasteiger partial charge is 0.239 e. The summed E-state index contributed by atoms with van der Waals surface area (Å²) >= 11 is 0. The first kappa shape index (κ1) is 24.1. The molecule has 1 unspecified atom stereocenters. The first-order chi connectivity index (χ1) is 11.2. The Morgan fingerprint density at radius 2 is 1.68 bits per heavy atom. The molecule has 1 amide bonds. The Balaban J connectivity index is 0.00000288. The van der Waals surface area contributed by atoms with Gasteiger partial charge in [0.2, 0.25) is 5.91 Å². The minimum Gasteiger partial charge on any atom is -0.383 e. The molecule has 0 aliphatic carbocycles. The average molecular weight is 392 g/mol. The number of methoxy groups -OCH3 is 1. The standard InChI is InChI=1S/C18H29N3O2.2ClH/c1-23-14-17(19)18(22)20-12-15-6-8-16(9-7-15)13-21-10-4-2-3-5-11-21;;/h6-9,17H,2-5,10-14,19H2,1H3,(H,20,22);2*1H. The largest absolute Gasteiger partial charge is 0.383 e. The van der Waals surface area contributed by atoms with E-state index in [0.29, 0.717) is 6.54 Å². The Labute approximate surface area is 163 Å². The maximum absolute atomic E-state index is 11.7. The molecule has 2 rings (SSSR count). The zero-order chi connectivity index (χ0) is 16.5. The Bertz CT molecular complexity index is 478. The third-order valence-electron chi connectivity index (χ3n) is 4.28. The van der Waals surface area contributed by atoms with Gasteiger partial charge in [0.05, 0.1) is 6.61 Å². The summed E-state index contributed by atoms with van der Waals surface area (Å²) < 4.78 is 4.88. The van der Waals surface area contributed by atoms with Crippen molar-refractivity contribution in [3.8, 4) is 0 Å². The van der Waals surface area contributed by atoms with Crippen molar-refractivity contribution >= 4 is 30.7 Å². The SMILES string of the molecule is COCC(N)C(=O)NCc1ccc(CN2CCCCCC2)cc1.Cl.Cl. The molecule has 5 nitrogen and oxygen atoms in total. The van der Waals surface area contributed by atoms with Crippen LogP contribution in [0.3, 0.4) is 0 Å². The van der Waals surface area contributed by atoms with Crippen molar-refractivity contribution in [3.63, 3.8) is 0 Å². The van der Waals surface area contributed by atoms with E-state index in [0.717, 1.165) is 12.1 Å². The van der Waals surface area contributed by atoms with Crippen LogP contribution in [0.25, 0.3) is 0 Å². The van der Waals surface area contributed by atoms with Crippen molar-refractivity contribution in [2.24, 2.45) is 5.73 Å². The van der Waals surface area contributed by atoms with Crippen molar-refractivity contribution in [3.05, 3.63) is 35.4 Å². The summed E-state index contributed by atoms with van der Waals surface area (Å²) in [5, 5.41) is 2.84. The molecular formula is C18H31Cl2N3O2. The molecule has 1 aromatic rings. The molecule has 0 aromatic heterocycles. The molecule has 144 valence electrons. The number of halogens is 2. The molecule has 1 saturated heterocycles. The minimum atomic E-state index is -0.609. The van der Waals surface area contributed by atoms with Crippen LogP contribution in [0.1, 0.15) is 36.8 Å². The van der Waals surface area contributed by atoms with Gasteiger partial charge in [-0.15, -0.1) is 24.8 Å². The lowest BCUT2D eigenvalue weighted by atomic mass is 10.1. The molecule has 1 aromatic carbocycles. The molecule has 1 heterocycles. The van der Waals surface area contributed by atoms with Gasteiger partial charge in [0, 0.05) is 20.2 Å². The van der Waals surface area contributed by atoms with Gasteiger partial charge in [0.25, 0.3) is 0 Å². The summed E-state index contributed by atoms with van der Waals surface area (Å²) in [4.78, 5) is 14.3. The fraction of sp³-hybridized carbons (Fsp3) is 0.611. The summed E-state index contributed by atoms with van der Waals surface area (Å²) in [7, 11) is 1.54. The van der Waals surface area contributed by atoms with Gasteiger partial charge in [-0.3, -0.25) is 9.69 Å². The van der Waals surface area contributed by atoms with Gasteiger partial charge in [-0.2, -0.15) is 0 Å². The number of hydrogen-bond acceptors (Lipinski definition) is 4. The Kier molecular flexibility index (Phi) is 12.9. The van der Waals surface area contributed by atoms with Crippen LogP contribution in [0, 0.1) is 0 Å². The van der Waals surface area contributed by atoms with Crippen LogP contribution in [-0.2, 0) is 22.6 Å². The zero-order valence-electron chi connectivity index (χ0n) is 14.9. The van der Waals surface area contributed by atoms with Crippen LogP contribution >= 0.6 is 24.8 Å². The average Bonchev–Trinajstić information content (AvgIpc) is 2.83. The highest BCUT2D eigenvalue weighted by atomic mass is 35.5. The maximum atomic E-state index is 11.7. The van der Waals surface area contributed by atoms with E-state index in [2.05, 4.69) is 34.5 Å². The van der Waals surface area contributed by atoms with Gasteiger partial charge in [0.15, 0.2) is 0 Å². The number of amides is 1. The van der Waals surface area contributed by atoms with Gasteiger partial charge in [-0.05, 0) is 37.1 Å². The van der Waals surface area contributed by atoms with Crippen molar-refractivity contribution in [2.45, 2.75) is 44.8 Å². The number of carbonyl (C=O) groups is 1. The Morgan fingerprint density at radius 1 is 1.12 bits per heavy atom. The lowest BCUT2D eigenvalue weighted by Gasteiger charge is -2.19. The molecule has 1 aliphatic heterocycles. The number of nitrogens with two attached hydrogens (primary N) is 1. The topological polar surface area (TPSA) is 67.6 Å². The van der Waals surface area contributed by atoms with E-state index in [-0.39, 0.29) is 37.3 Å². The Hall–Kier alpha value is -0.850. The second kappa shape index (κ2) is 13.4. The quantitative estimate of drug-likeness (QED) is 0.748. The monoisotopic (exact) mass is 391 g/mol. The second-order valence-corrected chi connectivity index (χ2v) is 6.29. The summed E-state index contributed by atoms with van der Waals surface area (Å²) in [6.07, 6.45) is 5.35. The van der Waals surface area contributed by atoms with Gasteiger partial charge >= 0.3 is 0 Å². The normalized spacial score (nSPS) is 16.1. The molecule has 25 heavy (non-hydrogen) atoms. The molecule has 1 atom stereocenters. The molecule has 0 bridgehead atoms. The van der Waals surface area contributed by atoms with Crippen LogP contribution in [0.5, 0.6) is 0 Å². The van der Waals surface area contributed by atoms with Crippen LogP contribution < -0.4 is 11.1 Å². The number of nitrogens with zero attached hydrogens (tertiary/aromatic N) is 1. The number of likely N-dealkylation sites (tertiary alicyclic amines) is 1. The lowest BCUT2D eigenvalue weighted by molar-refractivity contribution is -0.123. The maximum Gasteiger partial charge on any atom is 0.239 e. The van der Waals surface area contributed by atoms with Crippen molar-refractivity contribution in [2.75, 3.05) is 26.8 Å². The second-order valence-electron chi connectivity index (χ2n) is 6.29. The van der Waals surface area contributed by atoms with E-state index in [9.17, 15) is 4.79 Å². The zero-order valence-corrected chi connectivity index (χ0v) is 16.5. The highest BCUT2D eigenvalue weighted by Gasteiger charge is 2.12. The minimum absolute atomic E-state index is 0. The number of nitrogens with one attached hydrogen (secondary N) is 1. The fourth-order valence-corrected chi connectivity index (χ4v) is 2.89. The van der Waals surface area contributed by atoms with Crippen LogP contribution in [0.15, 0.2) is 24.3 Å². The number of rotatable bonds is 7. The third-order valence-corrected chi connectivity index (χ3v) is 4.28. The van der Waals surface area contributed by atoms with E-state index in [1.54, 1.807) is 0 Å². The van der Waals surface area contributed by atoms with E-state index in [1.807, 2.05) is 0 Å². The molecule has 0 spiro atoms. The van der Waals surface area contributed by atoms with Crippen LogP contribution in [0.4, 0.5) is 0 Å². The van der Waals surface area contributed by atoms with Gasteiger partial charge < -0.3 is 15.8 Å². The first-order valence-electron chi connectivity index (χ1n) is 8.51. The van der Waals surface area contributed by atoms with Crippen molar-refractivity contribution in [1.29, 1.82) is 0 Å². The molecule has 3 N–H and O–H groups in total. The summed E-state index contributed by atoms with van der Waals surface area (Å²) in [6, 6.07) is 7.86. The van der Waals surface area contributed by atoms with Gasteiger partial charge in [0.1, 0.15) is 6.04 Å². The Morgan fingerprint density at radius 3 is 2.24 bits per heavy atom. The number of hydrogen-bond donors (Lipinski definition) is 2. The van der Waals surface area contributed by atoms with Crippen LogP contribution in [0.2, 0.25) is 0 Å². The highest BCUT2D eigenvalue weighted by Crippen LogP contribution is 2.13. The molecule has 1 fully saturated rings. The molecule has 1 aliphatic rings. The van der Waals surface area contributed by atoms with Gasteiger partial charge in [-0.25, -0.2) is 0 Å². The molecule has 0 radical (unpaired) electrons. The van der Waals surface area contributed by atoms with Crippen LogP contribution in [-0.4, -0.2) is 43.7 Å². The lowest BCUT2D eigenvalue weighted by Crippen LogP contribution is -2.43.